The fourth-order valence-electron chi connectivity index (χ4n) is 4.03. The molecular weight excluding hydrogens is 396 g/mol. The van der Waals surface area contributed by atoms with Gasteiger partial charge in [-0.1, -0.05) is 17.3 Å². The minimum atomic E-state index is -0.277. The van der Waals surface area contributed by atoms with Crippen LogP contribution in [0, 0.1) is 6.92 Å². The van der Waals surface area contributed by atoms with Gasteiger partial charge < -0.3 is 19.9 Å². The summed E-state index contributed by atoms with van der Waals surface area (Å²) in [7, 11) is 0. The number of fused-ring (bicyclic) bond motifs is 1. The average Bonchev–Trinajstić information content (AvgIpc) is 3.12. The van der Waals surface area contributed by atoms with Gasteiger partial charge in [0.15, 0.2) is 5.69 Å². The molecule has 2 aliphatic rings. The Balaban J connectivity index is 1.58. The number of benzene rings is 1. The second-order valence-corrected chi connectivity index (χ2v) is 9.11. The van der Waals surface area contributed by atoms with Crippen LogP contribution >= 0.6 is 0 Å². The van der Waals surface area contributed by atoms with Crippen LogP contribution in [0.5, 0.6) is 0 Å². The van der Waals surface area contributed by atoms with E-state index in [4.69, 9.17) is 4.74 Å². The normalized spacial score (nSPS) is 16.8. The number of nitrogens with zero attached hydrogens (tertiary/aromatic N) is 5. The van der Waals surface area contributed by atoms with Gasteiger partial charge in [0.05, 0.1) is 24.6 Å². The van der Waals surface area contributed by atoms with Crippen molar-refractivity contribution in [2.75, 3.05) is 32.8 Å². The molecule has 9 heteroatoms. The first-order valence-electron chi connectivity index (χ1n) is 10.7. The Morgan fingerprint density at radius 1 is 1.10 bits per heavy atom. The number of nitrogens with one attached hydrogen (secondary N) is 1. The highest BCUT2D eigenvalue weighted by atomic mass is 16.5. The van der Waals surface area contributed by atoms with E-state index in [-0.39, 0.29) is 17.5 Å². The zero-order chi connectivity index (χ0) is 22.2. The quantitative estimate of drug-likeness (QED) is 0.792. The number of hydrogen-bond acceptors (Lipinski definition) is 5. The Kier molecular flexibility index (Phi) is 5.70. The molecule has 1 fully saturated rings. The maximum absolute atomic E-state index is 12.9. The standard InChI is InChI=1S/C22H30N6O3/c1-15-19(20(29)26-10-12-31-13-11-26)24-25-28(15)18-7-5-6-16-14-27(9-8-17(16)18)21(30)23-22(2,3)4/h5-7H,8-14H2,1-4H3,(H,23,30). The molecule has 1 saturated heterocycles. The summed E-state index contributed by atoms with van der Waals surface area (Å²) in [4.78, 5) is 29.1. The van der Waals surface area contributed by atoms with Crippen LogP contribution in [0.15, 0.2) is 18.2 Å². The summed E-state index contributed by atoms with van der Waals surface area (Å²) in [6, 6.07) is 5.94. The van der Waals surface area contributed by atoms with Gasteiger partial charge in [0.25, 0.3) is 5.91 Å². The van der Waals surface area contributed by atoms with Crippen molar-refractivity contribution in [1.29, 1.82) is 0 Å². The first-order chi connectivity index (χ1) is 14.7. The van der Waals surface area contributed by atoms with Crippen molar-refractivity contribution in [3.05, 3.63) is 40.7 Å². The van der Waals surface area contributed by atoms with Crippen molar-refractivity contribution in [2.45, 2.75) is 46.2 Å². The van der Waals surface area contributed by atoms with Gasteiger partial charge >= 0.3 is 6.03 Å². The molecule has 0 aliphatic carbocycles. The molecule has 3 heterocycles. The number of urea groups is 1. The van der Waals surface area contributed by atoms with E-state index in [0.717, 1.165) is 28.9 Å². The summed E-state index contributed by atoms with van der Waals surface area (Å²) in [6.45, 7) is 11.2. The second kappa shape index (κ2) is 8.30. The van der Waals surface area contributed by atoms with Crippen LogP contribution < -0.4 is 5.32 Å². The highest BCUT2D eigenvalue weighted by Gasteiger charge is 2.28. The Labute approximate surface area is 182 Å². The molecule has 2 aliphatic heterocycles. The summed E-state index contributed by atoms with van der Waals surface area (Å²) in [5.41, 5.74) is 3.96. The zero-order valence-electron chi connectivity index (χ0n) is 18.6. The van der Waals surface area contributed by atoms with Crippen LogP contribution in [-0.2, 0) is 17.7 Å². The Morgan fingerprint density at radius 2 is 1.84 bits per heavy atom. The molecule has 0 bridgehead atoms. The van der Waals surface area contributed by atoms with E-state index in [0.29, 0.717) is 45.1 Å². The lowest BCUT2D eigenvalue weighted by atomic mass is 9.97. The molecule has 9 nitrogen and oxygen atoms in total. The highest BCUT2D eigenvalue weighted by molar-refractivity contribution is 5.93. The SMILES string of the molecule is Cc1c(C(=O)N2CCOCC2)nnn1-c1cccc2c1CCN(C(=O)NC(C)(C)C)C2. The van der Waals surface area contributed by atoms with E-state index in [9.17, 15) is 9.59 Å². The zero-order valence-corrected chi connectivity index (χ0v) is 18.6. The van der Waals surface area contributed by atoms with Gasteiger partial charge in [0.2, 0.25) is 0 Å². The molecule has 1 aromatic carbocycles. The number of rotatable bonds is 2. The first kappa shape index (κ1) is 21.3. The lowest BCUT2D eigenvalue weighted by Crippen LogP contribution is -2.49. The maximum atomic E-state index is 12.9. The molecule has 0 radical (unpaired) electrons. The maximum Gasteiger partial charge on any atom is 0.318 e. The predicted molar refractivity (Wildman–Crippen MR) is 115 cm³/mol. The molecule has 0 saturated carbocycles. The summed E-state index contributed by atoms with van der Waals surface area (Å²) in [6.07, 6.45) is 0.717. The predicted octanol–water partition coefficient (Wildman–Crippen LogP) is 1.91. The van der Waals surface area contributed by atoms with Gasteiger partial charge in [-0.3, -0.25) is 4.79 Å². The highest BCUT2D eigenvalue weighted by Crippen LogP contribution is 2.26. The van der Waals surface area contributed by atoms with Crippen molar-refractivity contribution in [2.24, 2.45) is 0 Å². The van der Waals surface area contributed by atoms with Crippen LogP contribution in [-0.4, -0.2) is 75.1 Å². The third-order valence-corrected chi connectivity index (χ3v) is 5.63. The summed E-state index contributed by atoms with van der Waals surface area (Å²) in [5, 5.41) is 11.5. The van der Waals surface area contributed by atoms with Crippen molar-refractivity contribution in [3.63, 3.8) is 0 Å². The molecular formula is C22H30N6O3. The number of ether oxygens (including phenoxy) is 1. The van der Waals surface area contributed by atoms with Crippen molar-refractivity contribution in [3.8, 4) is 5.69 Å². The summed E-state index contributed by atoms with van der Waals surface area (Å²) >= 11 is 0. The molecule has 166 valence electrons. The van der Waals surface area contributed by atoms with Gasteiger partial charge in [0, 0.05) is 31.7 Å². The molecule has 0 spiro atoms. The van der Waals surface area contributed by atoms with E-state index in [1.807, 2.05) is 50.8 Å². The number of carbonyl (C=O) groups is 2. The fourth-order valence-corrected chi connectivity index (χ4v) is 4.03. The molecule has 3 amide bonds. The smallest absolute Gasteiger partial charge is 0.318 e. The average molecular weight is 427 g/mol. The lowest BCUT2D eigenvalue weighted by molar-refractivity contribution is 0.0298. The minimum absolute atomic E-state index is 0.0566. The molecule has 1 aromatic heterocycles. The van der Waals surface area contributed by atoms with Crippen LogP contribution in [0.25, 0.3) is 5.69 Å². The number of amides is 3. The van der Waals surface area contributed by atoms with Crippen LogP contribution in [0.2, 0.25) is 0 Å². The number of aromatic nitrogens is 3. The van der Waals surface area contributed by atoms with E-state index >= 15 is 0 Å². The number of carbonyl (C=O) groups excluding carboxylic acids is 2. The Hall–Kier alpha value is -2.94. The molecule has 0 atom stereocenters. The molecule has 2 aromatic rings. The van der Waals surface area contributed by atoms with Gasteiger partial charge in [0.1, 0.15) is 0 Å². The van der Waals surface area contributed by atoms with Crippen LogP contribution in [0.4, 0.5) is 4.79 Å². The van der Waals surface area contributed by atoms with E-state index in [2.05, 4.69) is 15.6 Å². The lowest BCUT2D eigenvalue weighted by Gasteiger charge is -2.33. The third-order valence-electron chi connectivity index (χ3n) is 5.63. The van der Waals surface area contributed by atoms with E-state index in [1.165, 1.54) is 0 Å². The molecule has 4 rings (SSSR count). The topological polar surface area (TPSA) is 92.6 Å². The van der Waals surface area contributed by atoms with Gasteiger partial charge in [-0.25, -0.2) is 9.48 Å². The van der Waals surface area contributed by atoms with Crippen LogP contribution in [0.1, 0.15) is 48.1 Å². The van der Waals surface area contributed by atoms with Crippen LogP contribution in [0.3, 0.4) is 0 Å². The Morgan fingerprint density at radius 3 is 2.55 bits per heavy atom. The summed E-state index contributed by atoms with van der Waals surface area (Å²) < 4.78 is 7.08. The first-order valence-corrected chi connectivity index (χ1v) is 10.7. The van der Waals surface area contributed by atoms with Crippen molar-refractivity contribution in [1.82, 2.24) is 30.1 Å². The molecule has 31 heavy (non-hydrogen) atoms. The summed E-state index contributed by atoms with van der Waals surface area (Å²) in [5.74, 6) is -0.109. The largest absolute Gasteiger partial charge is 0.378 e. The second-order valence-electron chi connectivity index (χ2n) is 9.11. The van der Waals surface area contributed by atoms with Gasteiger partial charge in [-0.2, -0.15) is 0 Å². The monoisotopic (exact) mass is 426 g/mol. The Bertz CT molecular complexity index is 988. The molecule has 1 N–H and O–H groups in total. The van der Waals surface area contributed by atoms with Gasteiger partial charge in [-0.15, -0.1) is 5.10 Å². The number of morpholine rings is 1. The number of hydrogen-bond donors (Lipinski definition) is 1. The minimum Gasteiger partial charge on any atom is -0.378 e. The third kappa shape index (κ3) is 4.41. The van der Waals surface area contributed by atoms with E-state index in [1.54, 1.807) is 9.58 Å². The molecule has 0 unspecified atom stereocenters. The fraction of sp³-hybridized carbons (Fsp3) is 0.545. The van der Waals surface area contributed by atoms with Crippen molar-refractivity contribution >= 4 is 11.9 Å². The van der Waals surface area contributed by atoms with Crippen molar-refractivity contribution < 1.29 is 14.3 Å². The van der Waals surface area contributed by atoms with Gasteiger partial charge in [-0.05, 0) is 51.3 Å². The van der Waals surface area contributed by atoms with E-state index < -0.39 is 0 Å².